The maximum absolute atomic E-state index is 5.72. The average Bonchev–Trinajstić information content (AvgIpc) is 3.16. The van der Waals surface area contributed by atoms with Crippen LogP contribution in [0.1, 0.15) is 19.3 Å². The van der Waals surface area contributed by atoms with Crippen molar-refractivity contribution in [3.63, 3.8) is 0 Å². The minimum Gasteiger partial charge on any atom is -0.384 e. The van der Waals surface area contributed by atoms with E-state index in [9.17, 15) is 0 Å². The highest BCUT2D eigenvalue weighted by molar-refractivity contribution is 7.18. The van der Waals surface area contributed by atoms with Crippen LogP contribution in [0.3, 0.4) is 0 Å². The van der Waals surface area contributed by atoms with Crippen molar-refractivity contribution < 1.29 is 0 Å². The third kappa shape index (κ3) is 2.77. The van der Waals surface area contributed by atoms with Gasteiger partial charge in [-0.05, 0) is 37.3 Å². The fourth-order valence-corrected chi connectivity index (χ4v) is 4.05. The van der Waals surface area contributed by atoms with Gasteiger partial charge in [-0.25, -0.2) is 4.98 Å². The van der Waals surface area contributed by atoms with Crippen LogP contribution in [0, 0.1) is 5.92 Å². The fourth-order valence-electron chi connectivity index (χ4n) is 3.26. The van der Waals surface area contributed by atoms with Crippen molar-refractivity contribution in [1.82, 2.24) is 26.0 Å². The second-order valence-corrected chi connectivity index (χ2v) is 6.88. The number of hydrogen-bond donors (Lipinski definition) is 4. The number of nitrogen functional groups attached to an aromatic ring is 1. The highest BCUT2D eigenvalue weighted by Crippen LogP contribution is 2.31. The van der Waals surface area contributed by atoms with Crippen molar-refractivity contribution in [2.75, 3.05) is 17.6 Å². The van der Waals surface area contributed by atoms with Gasteiger partial charge in [0.05, 0.1) is 0 Å². The van der Waals surface area contributed by atoms with E-state index in [0.717, 1.165) is 35.2 Å². The van der Waals surface area contributed by atoms with Gasteiger partial charge in [0.15, 0.2) is 5.01 Å². The lowest BCUT2D eigenvalue weighted by atomic mass is 9.83. The Morgan fingerprint density at radius 2 is 2.23 bits per heavy atom. The molecule has 3 heterocycles. The topological polar surface area (TPSA) is 101 Å². The second kappa shape index (κ2) is 5.79. The van der Waals surface area contributed by atoms with Gasteiger partial charge in [0.25, 0.3) is 0 Å². The molecule has 1 saturated heterocycles. The Labute approximate surface area is 132 Å². The first-order chi connectivity index (χ1) is 10.8. The molecule has 3 unspecified atom stereocenters. The van der Waals surface area contributed by atoms with Gasteiger partial charge in [-0.15, -0.1) is 10.2 Å². The molecule has 22 heavy (non-hydrogen) atoms. The van der Waals surface area contributed by atoms with Crippen molar-refractivity contribution >= 4 is 22.3 Å². The van der Waals surface area contributed by atoms with E-state index in [1.165, 1.54) is 17.8 Å². The van der Waals surface area contributed by atoms with Crippen molar-refractivity contribution in [2.45, 2.75) is 31.3 Å². The zero-order valence-electron chi connectivity index (χ0n) is 12.1. The highest BCUT2D eigenvalue weighted by Gasteiger charge is 2.33. The average molecular weight is 317 g/mol. The van der Waals surface area contributed by atoms with E-state index in [4.69, 9.17) is 5.73 Å². The van der Waals surface area contributed by atoms with Gasteiger partial charge in [-0.2, -0.15) is 0 Å². The van der Waals surface area contributed by atoms with Crippen LogP contribution in [0.15, 0.2) is 18.2 Å². The van der Waals surface area contributed by atoms with Crippen LogP contribution in [0.2, 0.25) is 0 Å². The molecule has 5 N–H and O–H groups in total. The molecule has 0 aromatic carbocycles. The normalized spacial score (nSPS) is 27.5. The monoisotopic (exact) mass is 317 g/mol. The van der Waals surface area contributed by atoms with Crippen molar-refractivity contribution in [1.29, 1.82) is 0 Å². The zero-order chi connectivity index (χ0) is 14.9. The Morgan fingerprint density at radius 3 is 3.14 bits per heavy atom. The predicted molar refractivity (Wildman–Crippen MR) is 87.2 cm³/mol. The van der Waals surface area contributed by atoms with E-state index < -0.39 is 0 Å². The van der Waals surface area contributed by atoms with Crippen LogP contribution in [0.4, 0.5) is 10.9 Å². The summed E-state index contributed by atoms with van der Waals surface area (Å²) in [5.74, 6) is 1.20. The number of rotatable bonds is 3. The molecule has 2 aromatic rings. The van der Waals surface area contributed by atoms with Gasteiger partial charge in [0.2, 0.25) is 5.13 Å². The molecule has 0 bridgehead atoms. The number of fused-ring (bicyclic) bond motifs is 1. The Bertz CT molecular complexity index is 658. The molecule has 0 radical (unpaired) electrons. The molecule has 0 amide bonds. The quantitative estimate of drug-likeness (QED) is 0.675. The Hall–Kier alpha value is -1.77. The van der Waals surface area contributed by atoms with Crippen molar-refractivity contribution in [3.05, 3.63) is 18.2 Å². The van der Waals surface area contributed by atoms with Gasteiger partial charge >= 0.3 is 0 Å². The third-order valence-electron chi connectivity index (χ3n) is 4.38. The van der Waals surface area contributed by atoms with Crippen molar-refractivity contribution in [3.8, 4) is 10.7 Å². The van der Waals surface area contributed by atoms with E-state index in [1.54, 1.807) is 6.07 Å². The third-order valence-corrected chi connectivity index (χ3v) is 5.25. The van der Waals surface area contributed by atoms with Crippen molar-refractivity contribution in [2.24, 2.45) is 5.92 Å². The highest BCUT2D eigenvalue weighted by atomic mass is 32.1. The largest absolute Gasteiger partial charge is 0.384 e. The van der Waals surface area contributed by atoms with Gasteiger partial charge in [-0.1, -0.05) is 17.4 Å². The minimum atomic E-state index is 0.470. The molecule has 1 aliphatic heterocycles. The lowest BCUT2D eigenvalue weighted by Crippen LogP contribution is -2.39. The zero-order valence-corrected chi connectivity index (χ0v) is 12.9. The van der Waals surface area contributed by atoms with E-state index in [-0.39, 0.29) is 0 Å². The summed E-state index contributed by atoms with van der Waals surface area (Å²) in [5.41, 5.74) is 13.1. The summed E-state index contributed by atoms with van der Waals surface area (Å²) in [6.45, 7) is 1.05. The fraction of sp³-hybridized carbons (Fsp3) is 0.500. The molecule has 4 rings (SSSR count). The van der Waals surface area contributed by atoms with Crippen LogP contribution in [-0.4, -0.2) is 33.8 Å². The van der Waals surface area contributed by atoms with Crippen LogP contribution < -0.4 is 21.9 Å². The molecule has 3 atom stereocenters. The number of pyridine rings is 1. The first-order valence-electron chi connectivity index (χ1n) is 7.59. The van der Waals surface area contributed by atoms with Gasteiger partial charge < -0.3 is 11.1 Å². The first-order valence-corrected chi connectivity index (χ1v) is 8.41. The number of nitrogens with zero attached hydrogens (tertiary/aromatic N) is 3. The summed E-state index contributed by atoms with van der Waals surface area (Å²) in [7, 11) is 0. The summed E-state index contributed by atoms with van der Waals surface area (Å²) in [6.07, 6.45) is 3.51. The predicted octanol–water partition coefficient (Wildman–Crippen LogP) is 1.24. The summed E-state index contributed by atoms with van der Waals surface area (Å²) in [6, 6.07) is 6.65. The SMILES string of the molecule is Nc1cccc(-c2nnc(NC3CCC4NNCC4C3)s2)n1. The Kier molecular flexibility index (Phi) is 3.65. The van der Waals surface area contributed by atoms with Gasteiger partial charge in [0.1, 0.15) is 11.5 Å². The molecule has 1 aliphatic carbocycles. The maximum Gasteiger partial charge on any atom is 0.206 e. The number of nitrogens with one attached hydrogen (secondary N) is 3. The van der Waals surface area contributed by atoms with Crippen LogP contribution in [0.25, 0.3) is 10.7 Å². The van der Waals surface area contributed by atoms with Crippen LogP contribution in [-0.2, 0) is 0 Å². The summed E-state index contributed by atoms with van der Waals surface area (Å²) in [5, 5.41) is 13.7. The second-order valence-electron chi connectivity index (χ2n) is 5.91. The number of anilines is 2. The maximum atomic E-state index is 5.72. The lowest BCUT2D eigenvalue weighted by Gasteiger charge is -2.30. The van der Waals surface area contributed by atoms with E-state index in [1.807, 2.05) is 12.1 Å². The molecular weight excluding hydrogens is 298 g/mol. The number of hydrazine groups is 1. The van der Waals surface area contributed by atoms with Gasteiger partial charge in [0, 0.05) is 18.6 Å². The molecule has 2 fully saturated rings. The summed E-state index contributed by atoms with van der Waals surface area (Å²) in [4.78, 5) is 4.29. The van der Waals surface area contributed by atoms with E-state index in [0.29, 0.717) is 23.8 Å². The van der Waals surface area contributed by atoms with E-state index in [2.05, 4.69) is 31.3 Å². The standard InChI is InChI=1S/C14H19N7S/c15-12-3-1-2-11(18-12)13-20-21-14(22-13)17-9-4-5-10-8(6-9)7-16-19-10/h1-3,8-10,16,19H,4-7H2,(H2,15,18)(H,17,21). The van der Waals surface area contributed by atoms with Gasteiger partial charge in [-0.3, -0.25) is 10.9 Å². The molecule has 0 spiro atoms. The number of nitrogens with two attached hydrogens (primary N) is 1. The Balaban J connectivity index is 1.44. The summed E-state index contributed by atoms with van der Waals surface area (Å²) < 4.78 is 0. The molecular formula is C14H19N7S. The summed E-state index contributed by atoms with van der Waals surface area (Å²) >= 11 is 1.53. The number of aromatic nitrogens is 3. The smallest absolute Gasteiger partial charge is 0.206 e. The number of hydrogen-bond acceptors (Lipinski definition) is 8. The molecule has 8 heteroatoms. The Morgan fingerprint density at radius 1 is 1.27 bits per heavy atom. The minimum absolute atomic E-state index is 0.470. The first kappa shape index (κ1) is 13.9. The molecule has 1 saturated carbocycles. The molecule has 7 nitrogen and oxygen atoms in total. The molecule has 116 valence electrons. The lowest BCUT2D eigenvalue weighted by molar-refractivity contribution is 0.314. The van der Waals surface area contributed by atoms with E-state index >= 15 is 0 Å². The van der Waals surface area contributed by atoms with Crippen LogP contribution >= 0.6 is 11.3 Å². The molecule has 2 aliphatic rings. The molecule has 2 aromatic heterocycles. The van der Waals surface area contributed by atoms with Crippen LogP contribution in [0.5, 0.6) is 0 Å².